The Morgan fingerprint density at radius 3 is 2.57 bits per heavy atom. The van der Waals surface area contributed by atoms with Crippen LogP contribution in [0.5, 0.6) is 0 Å². The molecule has 1 aliphatic heterocycles. The maximum absolute atomic E-state index is 5.87. The van der Waals surface area contributed by atoms with E-state index in [0.717, 1.165) is 31.2 Å². The van der Waals surface area contributed by atoms with Crippen LogP contribution in [0.25, 0.3) is 0 Å². The number of aromatic nitrogens is 1. The Labute approximate surface area is 129 Å². The molecular formula is C17H30N4. The molecule has 1 aliphatic rings. The highest BCUT2D eigenvalue weighted by molar-refractivity contribution is 5.47. The van der Waals surface area contributed by atoms with E-state index in [4.69, 9.17) is 10.7 Å². The molecule has 1 aromatic rings. The SMILES string of the molecule is Cc1cc(CC(C)N)cnc1N1CCC(CN(C)C)CC1. The van der Waals surface area contributed by atoms with Crippen molar-refractivity contribution in [3.05, 3.63) is 23.4 Å². The quantitative estimate of drug-likeness (QED) is 0.901. The van der Waals surface area contributed by atoms with Gasteiger partial charge in [0, 0.05) is 31.9 Å². The zero-order valence-corrected chi connectivity index (χ0v) is 14.0. The average Bonchev–Trinajstić information content (AvgIpc) is 2.39. The molecule has 2 rings (SSSR count). The molecule has 1 unspecified atom stereocenters. The van der Waals surface area contributed by atoms with E-state index >= 15 is 0 Å². The topological polar surface area (TPSA) is 45.4 Å². The van der Waals surface area contributed by atoms with Gasteiger partial charge in [0.05, 0.1) is 0 Å². The third-order valence-corrected chi connectivity index (χ3v) is 4.20. The van der Waals surface area contributed by atoms with Gasteiger partial charge < -0.3 is 15.5 Å². The van der Waals surface area contributed by atoms with E-state index in [-0.39, 0.29) is 6.04 Å². The summed E-state index contributed by atoms with van der Waals surface area (Å²) in [6.45, 7) is 7.66. The van der Waals surface area contributed by atoms with Gasteiger partial charge in [0.2, 0.25) is 0 Å². The van der Waals surface area contributed by atoms with Gasteiger partial charge in [0.15, 0.2) is 0 Å². The van der Waals surface area contributed by atoms with E-state index in [2.05, 4.69) is 36.9 Å². The fourth-order valence-corrected chi connectivity index (χ4v) is 3.28. The first-order chi connectivity index (χ1) is 9.95. The van der Waals surface area contributed by atoms with Crippen molar-refractivity contribution in [3.63, 3.8) is 0 Å². The number of anilines is 1. The number of aryl methyl sites for hydroxylation is 1. The minimum Gasteiger partial charge on any atom is -0.356 e. The second kappa shape index (κ2) is 7.23. The average molecular weight is 290 g/mol. The lowest BCUT2D eigenvalue weighted by Gasteiger charge is -2.34. The molecule has 0 saturated carbocycles. The number of rotatable bonds is 5. The molecule has 2 heterocycles. The summed E-state index contributed by atoms with van der Waals surface area (Å²) in [5.41, 5.74) is 8.39. The summed E-state index contributed by atoms with van der Waals surface area (Å²) >= 11 is 0. The van der Waals surface area contributed by atoms with Gasteiger partial charge in [-0.05, 0) is 64.3 Å². The minimum absolute atomic E-state index is 0.193. The van der Waals surface area contributed by atoms with Crippen LogP contribution in [0.15, 0.2) is 12.3 Å². The molecule has 0 aliphatic carbocycles. The molecule has 21 heavy (non-hydrogen) atoms. The number of hydrogen-bond acceptors (Lipinski definition) is 4. The Hall–Kier alpha value is -1.13. The van der Waals surface area contributed by atoms with Crippen LogP contribution in [0, 0.1) is 12.8 Å². The second-order valence-electron chi connectivity index (χ2n) is 6.86. The molecule has 4 nitrogen and oxygen atoms in total. The highest BCUT2D eigenvalue weighted by Crippen LogP contribution is 2.25. The number of piperidine rings is 1. The smallest absolute Gasteiger partial charge is 0.131 e. The third kappa shape index (κ3) is 4.68. The van der Waals surface area contributed by atoms with Crippen LogP contribution in [-0.2, 0) is 6.42 Å². The molecule has 0 radical (unpaired) electrons. The monoisotopic (exact) mass is 290 g/mol. The summed E-state index contributed by atoms with van der Waals surface area (Å²) in [5, 5.41) is 0. The Morgan fingerprint density at radius 2 is 2.05 bits per heavy atom. The van der Waals surface area contributed by atoms with Gasteiger partial charge in [-0.25, -0.2) is 4.98 Å². The summed E-state index contributed by atoms with van der Waals surface area (Å²) in [6.07, 6.45) is 5.43. The van der Waals surface area contributed by atoms with E-state index < -0.39 is 0 Å². The van der Waals surface area contributed by atoms with Crippen LogP contribution in [0.1, 0.15) is 30.9 Å². The maximum Gasteiger partial charge on any atom is 0.131 e. The molecule has 118 valence electrons. The van der Waals surface area contributed by atoms with E-state index in [9.17, 15) is 0 Å². The highest BCUT2D eigenvalue weighted by atomic mass is 15.2. The van der Waals surface area contributed by atoms with Gasteiger partial charge in [0.25, 0.3) is 0 Å². The Morgan fingerprint density at radius 1 is 1.38 bits per heavy atom. The lowest BCUT2D eigenvalue weighted by molar-refractivity contribution is 0.284. The van der Waals surface area contributed by atoms with Crippen LogP contribution in [0.3, 0.4) is 0 Å². The summed E-state index contributed by atoms with van der Waals surface area (Å²) in [4.78, 5) is 9.44. The lowest BCUT2D eigenvalue weighted by atomic mass is 9.96. The van der Waals surface area contributed by atoms with Crippen molar-refractivity contribution in [2.75, 3.05) is 38.6 Å². The fraction of sp³-hybridized carbons (Fsp3) is 0.706. The molecule has 4 heteroatoms. The van der Waals surface area contributed by atoms with E-state index in [1.165, 1.54) is 30.5 Å². The molecule has 1 fully saturated rings. The minimum atomic E-state index is 0.193. The number of hydrogen-bond donors (Lipinski definition) is 1. The van der Waals surface area contributed by atoms with Crippen molar-refractivity contribution in [1.29, 1.82) is 0 Å². The van der Waals surface area contributed by atoms with Crippen LogP contribution in [0.4, 0.5) is 5.82 Å². The van der Waals surface area contributed by atoms with Crippen LogP contribution in [0.2, 0.25) is 0 Å². The van der Waals surface area contributed by atoms with Crippen molar-refractivity contribution >= 4 is 5.82 Å². The number of nitrogens with two attached hydrogens (primary N) is 1. The molecule has 1 aromatic heterocycles. The van der Waals surface area contributed by atoms with Gasteiger partial charge in [-0.15, -0.1) is 0 Å². The van der Waals surface area contributed by atoms with Gasteiger partial charge in [-0.3, -0.25) is 0 Å². The maximum atomic E-state index is 5.87. The standard InChI is InChI=1S/C17H30N4/c1-13-9-16(10-14(2)18)11-19-17(13)21-7-5-15(6-8-21)12-20(3)4/h9,11,14-15H,5-8,10,12,18H2,1-4H3. The van der Waals surface area contributed by atoms with Gasteiger partial charge in [-0.2, -0.15) is 0 Å². The van der Waals surface area contributed by atoms with E-state index in [1.807, 2.05) is 13.1 Å². The third-order valence-electron chi connectivity index (χ3n) is 4.20. The van der Waals surface area contributed by atoms with Crippen LogP contribution < -0.4 is 10.6 Å². The Bertz CT molecular complexity index is 448. The highest BCUT2D eigenvalue weighted by Gasteiger charge is 2.21. The first kappa shape index (κ1) is 16.2. The van der Waals surface area contributed by atoms with E-state index in [0.29, 0.717) is 0 Å². The molecule has 0 aromatic carbocycles. The molecule has 0 amide bonds. The first-order valence-electron chi connectivity index (χ1n) is 8.06. The van der Waals surface area contributed by atoms with Crippen molar-refractivity contribution in [2.24, 2.45) is 11.7 Å². The van der Waals surface area contributed by atoms with E-state index in [1.54, 1.807) is 0 Å². The zero-order chi connectivity index (χ0) is 15.4. The normalized spacial score (nSPS) is 18.3. The Kier molecular flexibility index (Phi) is 5.59. The lowest BCUT2D eigenvalue weighted by Crippen LogP contribution is -2.37. The first-order valence-corrected chi connectivity index (χ1v) is 8.06. The predicted octanol–water partition coefficient (Wildman–Crippen LogP) is 2.06. The fourth-order valence-electron chi connectivity index (χ4n) is 3.28. The van der Waals surface area contributed by atoms with Crippen molar-refractivity contribution in [3.8, 4) is 0 Å². The summed E-state index contributed by atoms with van der Waals surface area (Å²) < 4.78 is 0. The number of nitrogens with zero attached hydrogens (tertiary/aromatic N) is 3. The molecule has 0 spiro atoms. The zero-order valence-electron chi connectivity index (χ0n) is 14.0. The molecule has 1 atom stereocenters. The van der Waals surface area contributed by atoms with Gasteiger partial charge in [-0.1, -0.05) is 6.07 Å². The van der Waals surface area contributed by atoms with Crippen LogP contribution in [-0.4, -0.2) is 49.7 Å². The summed E-state index contributed by atoms with van der Waals surface area (Å²) in [7, 11) is 4.32. The predicted molar refractivity (Wildman–Crippen MR) is 89.8 cm³/mol. The van der Waals surface area contributed by atoms with Gasteiger partial charge >= 0.3 is 0 Å². The molecular weight excluding hydrogens is 260 g/mol. The molecule has 0 bridgehead atoms. The van der Waals surface area contributed by atoms with Gasteiger partial charge in [0.1, 0.15) is 5.82 Å². The van der Waals surface area contributed by atoms with Crippen molar-refractivity contribution < 1.29 is 0 Å². The van der Waals surface area contributed by atoms with Crippen LogP contribution >= 0.6 is 0 Å². The molecule has 2 N–H and O–H groups in total. The summed E-state index contributed by atoms with van der Waals surface area (Å²) in [5.74, 6) is 1.99. The van der Waals surface area contributed by atoms with Crippen molar-refractivity contribution in [2.45, 2.75) is 39.2 Å². The van der Waals surface area contributed by atoms with Crippen molar-refractivity contribution in [1.82, 2.24) is 9.88 Å². The Balaban J connectivity index is 1.97. The largest absolute Gasteiger partial charge is 0.356 e. The number of pyridine rings is 1. The molecule has 1 saturated heterocycles. The summed E-state index contributed by atoms with van der Waals surface area (Å²) in [6, 6.07) is 2.44. The second-order valence-corrected chi connectivity index (χ2v) is 6.86.